The van der Waals surface area contributed by atoms with E-state index < -0.39 is 104 Å². The number of carbonyl (C=O) groups is 4. The van der Waals surface area contributed by atoms with Crippen molar-refractivity contribution in [3.63, 3.8) is 0 Å². The predicted molar refractivity (Wildman–Crippen MR) is 205 cm³/mol. The second-order valence-corrected chi connectivity index (χ2v) is 16.0. The Bertz CT molecular complexity index is 2530. The number of azo groups is 1. The molecule has 0 aromatic heterocycles. The largest absolute Gasteiger partial charge is 0.508 e. The molecule has 4 aromatic rings. The number of rotatable bonds is 7. The Morgan fingerprint density at radius 2 is 1.34 bits per heavy atom. The lowest BCUT2D eigenvalue weighted by atomic mass is 9.56. The van der Waals surface area contributed by atoms with Crippen LogP contribution in [-0.4, -0.2) is 59.7 Å². The summed E-state index contributed by atoms with van der Waals surface area (Å²) in [7, 11) is 5.10. The molecule has 304 valence electrons. The molecule has 2 aliphatic carbocycles. The van der Waals surface area contributed by atoms with Gasteiger partial charge >= 0.3 is 0 Å². The molecule has 0 radical (unpaired) electrons. The van der Waals surface area contributed by atoms with Gasteiger partial charge in [0.15, 0.2) is 33.0 Å². The number of phenols is 1. The third-order valence-electron chi connectivity index (χ3n) is 11.5. The van der Waals surface area contributed by atoms with Crippen molar-refractivity contribution >= 4 is 75.3 Å². The van der Waals surface area contributed by atoms with Crippen molar-refractivity contribution in [3.8, 4) is 11.5 Å². The van der Waals surface area contributed by atoms with Gasteiger partial charge in [0.2, 0.25) is 17.6 Å². The Morgan fingerprint density at radius 3 is 1.92 bits per heavy atom. The number of hydrogen-bond acceptors (Lipinski definition) is 9. The molecule has 1 saturated carbocycles. The van der Waals surface area contributed by atoms with Crippen molar-refractivity contribution in [1.29, 1.82) is 0 Å². The normalized spacial score (nSPS) is 26.3. The topological polar surface area (TPSA) is 132 Å². The number of aromatic hydroxyl groups is 1. The van der Waals surface area contributed by atoms with E-state index in [2.05, 4.69) is 10.2 Å². The van der Waals surface area contributed by atoms with Gasteiger partial charge in [0.1, 0.15) is 17.2 Å². The van der Waals surface area contributed by atoms with Gasteiger partial charge in [-0.1, -0.05) is 11.6 Å². The van der Waals surface area contributed by atoms with E-state index in [1.165, 1.54) is 43.5 Å². The zero-order valence-corrected chi connectivity index (χ0v) is 32.5. The number of benzene rings is 4. The van der Waals surface area contributed by atoms with Crippen LogP contribution in [-0.2, 0) is 19.2 Å². The first-order valence-corrected chi connectivity index (χ1v) is 18.7. The summed E-state index contributed by atoms with van der Waals surface area (Å²) in [5.74, 6) is -22.6. The summed E-state index contributed by atoms with van der Waals surface area (Å²) in [5, 5.41) is 19.7. The molecule has 8 rings (SSSR count). The highest BCUT2D eigenvalue weighted by atomic mass is 35.5. The van der Waals surface area contributed by atoms with Gasteiger partial charge in [-0.15, -0.1) is 23.2 Å². The number of anilines is 3. The van der Waals surface area contributed by atoms with Gasteiger partial charge in [-0.2, -0.15) is 10.2 Å². The van der Waals surface area contributed by atoms with E-state index >= 15 is 8.78 Å². The number of ether oxygens (including phenoxy) is 1. The molecule has 2 heterocycles. The highest BCUT2D eigenvalue weighted by molar-refractivity contribution is 6.58. The quantitative estimate of drug-likeness (QED) is 0.0376. The maximum atomic E-state index is 15.3. The SMILES string of the molecule is COc1ccc(O)c(C2C3=CCC4C(=O)N(c5ccc(N=Nc6ccc(N(C)C)cc6)cc5)C(=O)C4C3CC3(Cl)C(=O)N(c4c(F)c(F)c(F)c(F)c4F)C(=O)C23Cl)c1. The summed E-state index contributed by atoms with van der Waals surface area (Å²) in [4.78, 5) is 54.6. The molecule has 2 saturated heterocycles. The predicted octanol–water partition coefficient (Wildman–Crippen LogP) is 8.35. The van der Waals surface area contributed by atoms with Crippen molar-refractivity contribution < 1.29 is 51.0 Å². The molecule has 6 atom stereocenters. The minimum atomic E-state index is -2.81. The van der Waals surface area contributed by atoms with Crippen molar-refractivity contribution in [3.05, 3.63) is 113 Å². The van der Waals surface area contributed by atoms with Crippen molar-refractivity contribution in [2.24, 2.45) is 28.0 Å². The highest BCUT2D eigenvalue weighted by Crippen LogP contribution is 2.67. The Hall–Kier alpha value is -5.87. The number of alkyl halides is 2. The molecule has 0 spiro atoms. The molecule has 11 nitrogen and oxygen atoms in total. The average molecular weight is 855 g/mol. The second-order valence-electron chi connectivity index (χ2n) is 14.8. The Balaban J connectivity index is 1.19. The first-order chi connectivity index (χ1) is 28.0. The van der Waals surface area contributed by atoms with E-state index in [0.29, 0.717) is 11.4 Å². The number of phenolic OH excluding ortho intramolecular Hbond substituents is 1. The fourth-order valence-electron chi connectivity index (χ4n) is 8.66. The first-order valence-electron chi connectivity index (χ1n) is 18.0. The molecule has 18 heteroatoms. The van der Waals surface area contributed by atoms with Crippen molar-refractivity contribution in [2.45, 2.75) is 28.5 Å². The van der Waals surface area contributed by atoms with Crippen LogP contribution in [0.25, 0.3) is 0 Å². The molecule has 1 N–H and O–H groups in total. The first kappa shape index (κ1) is 39.9. The summed E-state index contributed by atoms with van der Waals surface area (Å²) in [6, 6.07) is 17.2. The fraction of sp³-hybridized carbons (Fsp3) is 0.268. The lowest BCUT2D eigenvalue weighted by molar-refractivity contribution is -0.125. The lowest BCUT2D eigenvalue weighted by Crippen LogP contribution is -2.60. The van der Waals surface area contributed by atoms with Gasteiger partial charge in [-0.3, -0.25) is 24.1 Å². The Labute approximate surface area is 342 Å². The molecule has 4 aromatic carbocycles. The molecular formula is C41H30Cl2F5N5O6. The van der Waals surface area contributed by atoms with Crippen LogP contribution < -0.4 is 19.4 Å². The van der Waals surface area contributed by atoms with Crippen LogP contribution in [0, 0.1) is 46.8 Å². The van der Waals surface area contributed by atoms with Crippen LogP contribution in [0.3, 0.4) is 0 Å². The number of allylic oxidation sites excluding steroid dienone is 2. The van der Waals surface area contributed by atoms with Crippen molar-refractivity contribution in [1.82, 2.24) is 0 Å². The Kier molecular flexibility index (Phi) is 9.58. The molecule has 0 bridgehead atoms. The average Bonchev–Trinajstić information content (AvgIpc) is 3.56. The number of fused-ring (bicyclic) bond motifs is 4. The van der Waals surface area contributed by atoms with E-state index in [9.17, 15) is 37.5 Å². The third kappa shape index (κ3) is 5.74. The number of nitrogens with zero attached hydrogens (tertiary/aromatic N) is 5. The summed E-state index contributed by atoms with van der Waals surface area (Å²) in [6.07, 6.45) is 0.728. The van der Waals surface area contributed by atoms with Gasteiger partial charge in [-0.05, 0) is 85.5 Å². The molecule has 2 aliphatic heterocycles. The van der Waals surface area contributed by atoms with E-state index in [1.54, 1.807) is 24.3 Å². The monoisotopic (exact) mass is 853 g/mol. The van der Waals surface area contributed by atoms with E-state index in [4.69, 9.17) is 27.9 Å². The number of halogens is 7. The summed E-state index contributed by atoms with van der Waals surface area (Å²) >= 11 is 14.3. The highest BCUT2D eigenvalue weighted by Gasteiger charge is 2.77. The molecule has 4 aliphatic rings. The van der Waals surface area contributed by atoms with E-state index in [0.717, 1.165) is 10.6 Å². The van der Waals surface area contributed by atoms with Crippen LogP contribution in [0.1, 0.15) is 24.3 Å². The minimum Gasteiger partial charge on any atom is -0.508 e. The maximum absolute atomic E-state index is 15.3. The molecule has 59 heavy (non-hydrogen) atoms. The Morgan fingerprint density at radius 1 is 0.763 bits per heavy atom. The zero-order valence-electron chi connectivity index (χ0n) is 31.0. The standard InChI is InChI=1S/C41H30Cl2F5N5O6/c1-51(2)20-8-4-18(5-9-20)49-50-19-6-10-21(11-7-19)52-36(55)24-14-13-23-26(28(24)37(52)56)17-40(42)38(57)53(35-33(47)31(45)30(44)32(46)34(35)48)39(58)41(40,43)29(23)25-16-22(59-3)12-15-27(25)54/h4-13,15-16,24,26,28-29,54H,14,17H2,1-3H3. The van der Waals surface area contributed by atoms with Crippen LogP contribution in [0.4, 0.5) is 50.4 Å². The summed E-state index contributed by atoms with van der Waals surface area (Å²) in [6.45, 7) is 0. The smallest absolute Gasteiger partial charge is 0.258 e. The molecule has 3 fully saturated rings. The van der Waals surface area contributed by atoms with Crippen LogP contribution in [0.5, 0.6) is 11.5 Å². The van der Waals surface area contributed by atoms with Gasteiger partial charge in [0, 0.05) is 31.3 Å². The van der Waals surface area contributed by atoms with Gasteiger partial charge < -0.3 is 14.7 Å². The molecule has 6 unspecified atom stereocenters. The van der Waals surface area contributed by atoms with Crippen LogP contribution >= 0.6 is 23.2 Å². The summed E-state index contributed by atoms with van der Waals surface area (Å²) in [5.41, 5.74) is 0.226. The minimum absolute atomic E-state index is 0.0938. The van der Waals surface area contributed by atoms with Crippen LogP contribution in [0.2, 0.25) is 0 Å². The van der Waals surface area contributed by atoms with E-state index in [-0.39, 0.29) is 33.9 Å². The number of imide groups is 2. The lowest BCUT2D eigenvalue weighted by Gasteiger charge is -2.50. The molecule has 4 amide bonds. The van der Waals surface area contributed by atoms with E-state index in [1.807, 2.05) is 31.1 Å². The molecular weight excluding hydrogens is 824 g/mol. The fourth-order valence-corrected chi connectivity index (χ4v) is 9.59. The van der Waals surface area contributed by atoms with Crippen LogP contribution in [0.15, 0.2) is 88.6 Å². The van der Waals surface area contributed by atoms with Gasteiger partial charge in [0.25, 0.3) is 11.8 Å². The number of hydrogen-bond donors (Lipinski definition) is 1. The maximum Gasteiger partial charge on any atom is 0.258 e. The number of carbonyl (C=O) groups excluding carboxylic acids is 4. The second kappa shape index (κ2) is 14.2. The van der Waals surface area contributed by atoms with Gasteiger partial charge in [-0.25, -0.2) is 26.9 Å². The number of methoxy groups -OCH3 is 1. The van der Waals surface area contributed by atoms with Crippen molar-refractivity contribution in [2.75, 3.05) is 35.9 Å². The summed E-state index contributed by atoms with van der Waals surface area (Å²) < 4.78 is 79.2. The third-order valence-corrected chi connectivity index (χ3v) is 12.9. The van der Waals surface area contributed by atoms with Gasteiger partial charge in [0.05, 0.1) is 36.0 Å². The number of amides is 4. The zero-order chi connectivity index (χ0) is 42.5.